The fourth-order valence-corrected chi connectivity index (χ4v) is 3.71. The predicted molar refractivity (Wildman–Crippen MR) is 122 cm³/mol. The lowest BCUT2D eigenvalue weighted by Gasteiger charge is -2.07. The quantitative estimate of drug-likeness (QED) is 0.436. The Morgan fingerprint density at radius 2 is 1.61 bits per heavy atom. The Kier molecular flexibility index (Phi) is 5.90. The fourth-order valence-electron chi connectivity index (χ4n) is 3.14. The molecule has 1 N–H and O–H groups in total. The molecule has 0 spiro atoms. The molecule has 0 atom stereocenters. The lowest BCUT2D eigenvalue weighted by Crippen LogP contribution is -2.15. The molecule has 0 radical (unpaired) electrons. The van der Waals surface area contributed by atoms with Crippen LogP contribution in [0.2, 0.25) is 0 Å². The zero-order chi connectivity index (χ0) is 22.0. The maximum Gasteiger partial charge on any atom is 0.277 e. The smallest absolute Gasteiger partial charge is 0.277 e. The van der Waals surface area contributed by atoms with Crippen molar-refractivity contribution in [2.45, 2.75) is 32.9 Å². The van der Waals surface area contributed by atoms with E-state index >= 15 is 0 Å². The summed E-state index contributed by atoms with van der Waals surface area (Å²) in [4.78, 5) is 12.5. The third-order valence-corrected chi connectivity index (χ3v) is 5.68. The van der Waals surface area contributed by atoms with E-state index in [1.165, 1.54) is 17.3 Å². The second-order valence-electron chi connectivity index (χ2n) is 7.37. The molecule has 0 aliphatic heterocycles. The molecule has 7 nitrogen and oxygen atoms in total. The summed E-state index contributed by atoms with van der Waals surface area (Å²) in [7, 11) is 0. The maximum absolute atomic E-state index is 12.5. The van der Waals surface area contributed by atoms with Gasteiger partial charge in [-0.15, -0.1) is 10.2 Å². The molecule has 0 aliphatic rings. The summed E-state index contributed by atoms with van der Waals surface area (Å²) in [5, 5.41) is 16.0. The van der Waals surface area contributed by atoms with Crippen LogP contribution in [0.3, 0.4) is 0 Å². The molecular weight excluding hydrogens is 410 g/mol. The minimum Gasteiger partial charge on any atom is -0.411 e. The molecule has 2 aromatic carbocycles. The molecule has 0 bridgehead atoms. The first-order chi connectivity index (χ1) is 14.9. The Morgan fingerprint density at radius 1 is 0.968 bits per heavy atom. The van der Waals surface area contributed by atoms with E-state index in [0.717, 1.165) is 33.9 Å². The summed E-state index contributed by atoms with van der Waals surface area (Å²) in [6, 6.07) is 15.9. The summed E-state index contributed by atoms with van der Waals surface area (Å²) < 4.78 is 7.51. The molecule has 0 saturated carbocycles. The number of nitrogens with one attached hydrogen (secondary N) is 1. The highest BCUT2D eigenvalue weighted by Gasteiger charge is 2.17. The van der Waals surface area contributed by atoms with Gasteiger partial charge in [0.1, 0.15) is 0 Å². The first-order valence-corrected chi connectivity index (χ1v) is 10.9. The molecule has 8 heteroatoms. The number of rotatable bonds is 6. The van der Waals surface area contributed by atoms with Gasteiger partial charge < -0.3 is 9.73 Å². The minimum absolute atomic E-state index is 0.157. The second-order valence-corrected chi connectivity index (χ2v) is 8.30. The number of benzene rings is 2. The van der Waals surface area contributed by atoms with Crippen LogP contribution >= 0.6 is 11.8 Å². The molecule has 2 aromatic heterocycles. The van der Waals surface area contributed by atoms with Gasteiger partial charge in [-0.05, 0) is 52.0 Å². The third kappa shape index (κ3) is 4.69. The highest BCUT2D eigenvalue weighted by Crippen LogP contribution is 2.25. The fraction of sp³-hybridized carbons (Fsp3) is 0.217. The van der Waals surface area contributed by atoms with Crippen LogP contribution in [-0.4, -0.2) is 31.6 Å². The van der Waals surface area contributed by atoms with Crippen molar-refractivity contribution < 1.29 is 9.21 Å². The number of nitrogens with zero attached hydrogens (tertiary/aromatic N) is 4. The van der Waals surface area contributed by atoms with E-state index < -0.39 is 0 Å². The van der Waals surface area contributed by atoms with Crippen LogP contribution in [0.4, 0.5) is 5.69 Å². The molecule has 0 fully saturated rings. The highest BCUT2D eigenvalue weighted by molar-refractivity contribution is 7.99. The summed E-state index contributed by atoms with van der Waals surface area (Å²) >= 11 is 1.20. The van der Waals surface area contributed by atoms with Crippen molar-refractivity contribution >= 4 is 23.4 Å². The van der Waals surface area contributed by atoms with E-state index in [4.69, 9.17) is 4.42 Å². The number of thioether (sulfide) groups is 1. The topological polar surface area (TPSA) is 85.8 Å². The molecule has 0 aliphatic carbocycles. The average Bonchev–Trinajstić information content (AvgIpc) is 3.34. The van der Waals surface area contributed by atoms with Gasteiger partial charge in [-0.1, -0.05) is 47.2 Å². The van der Waals surface area contributed by atoms with Gasteiger partial charge in [0, 0.05) is 5.56 Å². The number of hydrogen-bond acceptors (Lipinski definition) is 6. The van der Waals surface area contributed by atoms with E-state index in [1.807, 2.05) is 80.9 Å². The van der Waals surface area contributed by atoms with Crippen LogP contribution in [0.15, 0.2) is 58.2 Å². The van der Waals surface area contributed by atoms with Gasteiger partial charge in [0.15, 0.2) is 0 Å². The Balaban J connectivity index is 1.40. The average molecular weight is 434 g/mol. The van der Waals surface area contributed by atoms with Crippen LogP contribution in [0.25, 0.3) is 17.1 Å². The van der Waals surface area contributed by atoms with Crippen molar-refractivity contribution in [3.63, 3.8) is 0 Å². The minimum atomic E-state index is -0.158. The molecule has 0 unspecified atom stereocenters. The van der Waals surface area contributed by atoms with Crippen molar-refractivity contribution in [1.29, 1.82) is 0 Å². The van der Waals surface area contributed by atoms with Crippen LogP contribution in [0.1, 0.15) is 22.5 Å². The van der Waals surface area contributed by atoms with Crippen LogP contribution in [-0.2, 0) is 4.79 Å². The van der Waals surface area contributed by atoms with Gasteiger partial charge in [-0.2, -0.15) is 5.10 Å². The Bertz CT molecular complexity index is 1210. The number of aromatic nitrogens is 4. The molecule has 1 amide bonds. The van der Waals surface area contributed by atoms with Gasteiger partial charge in [-0.25, -0.2) is 4.68 Å². The standard InChI is InChI=1S/C23H23N5O2S/c1-14-5-9-18(10-6-14)22-25-26-23(30-22)31-13-20(29)24-21-16(3)27-28(17(21)4)19-11-7-15(2)8-12-19/h5-12H,13H2,1-4H3,(H,24,29). The second kappa shape index (κ2) is 8.77. The number of hydrogen-bond donors (Lipinski definition) is 1. The number of carbonyl (C=O) groups is 1. The number of amides is 1. The summed E-state index contributed by atoms with van der Waals surface area (Å²) in [5.74, 6) is 0.438. The van der Waals surface area contributed by atoms with E-state index in [9.17, 15) is 4.79 Å². The molecule has 31 heavy (non-hydrogen) atoms. The van der Waals surface area contributed by atoms with Crippen molar-refractivity contribution in [1.82, 2.24) is 20.0 Å². The molecule has 4 rings (SSSR count). The van der Waals surface area contributed by atoms with E-state index in [2.05, 4.69) is 20.6 Å². The van der Waals surface area contributed by atoms with Gasteiger partial charge in [-0.3, -0.25) is 4.79 Å². The Labute approximate surface area is 184 Å². The largest absolute Gasteiger partial charge is 0.411 e. The molecule has 158 valence electrons. The molecular formula is C23H23N5O2S. The van der Waals surface area contributed by atoms with Crippen molar-refractivity contribution in [2.75, 3.05) is 11.1 Å². The normalized spacial score (nSPS) is 11.0. The first-order valence-electron chi connectivity index (χ1n) is 9.87. The lowest BCUT2D eigenvalue weighted by atomic mass is 10.1. The van der Waals surface area contributed by atoms with E-state index in [1.54, 1.807) is 0 Å². The number of anilines is 1. The first kappa shape index (κ1) is 20.9. The third-order valence-electron chi connectivity index (χ3n) is 4.87. The van der Waals surface area contributed by atoms with Gasteiger partial charge >= 0.3 is 0 Å². The number of carbonyl (C=O) groups excluding carboxylic acids is 1. The highest BCUT2D eigenvalue weighted by atomic mass is 32.2. The van der Waals surface area contributed by atoms with E-state index in [-0.39, 0.29) is 11.7 Å². The summed E-state index contributed by atoms with van der Waals surface area (Å²) in [6.07, 6.45) is 0. The maximum atomic E-state index is 12.5. The zero-order valence-corrected chi connectivity index (χ0v) is 18.7. The van der Waals surface area contributed by atoms with Crippen molar-refractivity contribution in [3.8, 4) is 17.1 Å². The van der Waals surface area contributed by atoms with Gasteiger partial charge in [0.25, 0.3) is 5.22 Å². The monoisotopic (exact) mass is 433 g/mol. The van der Waals surface area contributed by atoms with E-state index in [0.29, 0.717) is 11.1 Å². The van der Waals surface area contributed by atoms with Gasteiger partial charge in [0.05, 0.1) is 28.5 Å². The predicted octanol–water partition coefficient (Wildman–Crippen LogP) is 4.89. The van der Waals surface area contributed by atoms with Crippen LogP contribution in [0, 0.1) is 27.7 Å². The summed E-state index contributed by atoms with van der Waals surface area (Å²) in [5.41, 5.74) is 6.50. The SMILES string of the molecule is Cc1ccc(-c2nnc(SCC(=O)Nc3c(C)nn(-c4ccc(C)cc4)c3C)o2)cc1. The Morgan fingerprint density at radius 3 is 2.29 bits per heavy atom. The van der Waals surface area contributed by atoms with Crippen LogP contribution < -0.4 is 5.32 Å². The Hall–Kier alpha value is -3.39. The van der Waals surface area contributed by atoms with Gasteiger partial charge in [0.2, 0.25) is 11.8 Å². The van der Waals surface area contributed by atoms with Crippen molar-refractivity contribution in [3.05, 3.63) is 71.0 Å². The van der Waals surface area contributed by atoms with Crippen molar-refractivity contribution in [2.24, 2.45) is 0 Å². The molecule has 0 saturated heterocycles. The lowest BCUT2D eigenvalue weighted by molar-refractivity contribution is -0.113. The number of aryl methyl sites for hydroxylation is 3. The zero-order valence-electron chi connectivity index (χ0n) is 17.8. The van der Waals surface area contributed by atoms with Crippen LogP contribution in [0.5, 0.6) is 0 Å². The molecule has 4 aromatic rings. The summed E-state index contributed by atoms with van der Waals surface area (Å²) in [6.45, 7) is 7.88. The molecule has 2 heterocycles.